The Labute approximate surface area is 67.1 Å². The van der Waals surface area contributed by atoms with E-state index in [1.807, 2.05) is 0 Å². The highest BCUT2D eigenvalue weighted by molar-refractivity contribution is 9.10. The molecule has 1 aliphatic carbocycles. The molecule has 0 heterocycles. The zero-order valence-corrected chi connectivity index (χ0v) is 6.98. The fourth-order valence-electron chi connectivity index (χ4n) is 0.584. The molecule has 1 unspecified atom stereocenters. The van der Waals surface area contributed by atoms with Crippen molar-refractivity contribution in [1.82, 2.24) is 0 Å². The van der Waals surface area contributed by atoms with Crippen molar-refractivity contribution < 1.29 is 5.11 Å². The van der Waals surface area contributed by atoms with Gasteiger partial charge in [0.2, 0.25) is 0 Å². The second-order valence-electron chi connectivity index (χ2n) is 1.93. The number of allylic oxidation sites excluding steroid dienone is 3. The van der Waals surface area contributed by atoms with Crippen LogP contribution in [0.5, 0.6) is 0 Å². The van der Waals surface area contributed by atoms with Crippen LogP contribution >= 0.6 is 27.5 Å². The van der Waals surface area contributed by atoms with Crippen molar-refractivity contribution in [1.29, 1.82) is 0 Å². The van der Waals surface area contributed by atoms with Crippen molar-refractivity contribution in [2.45, 2.75) is 10.2 Å². The van der Waals surface area contributed by atoms with Crippen LogP contribution in [-0.2, 0) is 0 Å². The van der Waals surface area contributed by atoms with Crippen molar-refractivity contribution in [3.8, 4) is 0 Å². The van der Waals surface area contributed by atoms with E-state index in [0.29, 0.717) is 6.42 Å². The van der Waals surface area contributed by atoms with Gasteiger partial charge >= 0.3 is 0 Å². The van der Waals surface area contributed by atoms with E-state index >= 15 is 0 Å². The van der Waals surface area contributed by atoms with E-state index in [1.165, 1.54) is 0 Å². The molecular formula is C6H6BrClO. The first-order chi connectivity index (χ1) is 4.10. The van der Waals surface area contributed by atoms with Gasteiger partial charge in [-0.15, -0.1) is 11.6 Å². The van der Waals surface area contributed by atoms with Crippen molar-refractivity contribution in [3.63, 3.8) is 0 Å². The van der Waals surface area contributed by atoms with Gasteiger partial charge in [0, 0.05) is 6.42 Å². The monoisotopic (exact) mass is 208 g/mol. The first-order valence-corrected chi connectivity index (χ1v) is 3.73. The van der Waals surface area contributed by atoms with E-state index in [4.69, 9.17) is 16.7 Å². The van der Waals surface area contributed by atoms with Crippen LogP contribution in [0.25, 0.3) is 0 Å². The minimum atomic E-state index is -0.473. The Bertz CT molecular complexity index is 172. The molecule has 0 amide bonds. The molecule has 3 heteroatoms. The first kappa shape index (κ1) is 7.16. The Kier molecular flexibility index (Phi) is 1.87. The average Bonchev–Trinajstić information content (AvgIpc) is 1.78. The minimum absolute atomic E-state index is 0.283. The fourth-order valence-corrected chi connectivity index (χ4v) is 1.02. The number of rotatable bonds is 0. The summed E-state index contributed by atoms with van der Waals surface area (Å²) in [5.41, 5.74) is 0. The van der Waals surface area contributed by atoms with Crippen LogP contribution < -0.4 is 0 Å². The molecule has 0 radical (unpaired) electrons. The lowest BCUT2D eigenvalue weighted by atomic mass is 10.2. The third kappa shape index (κ3) is 2.03. The van der Waals surface area contributed by atoms with Gasteiger partial charge in [0.25, 0.3) is 0 Å². The molecule has 1 aliphatic rings. The van der Waals surface area contributed by atoms with Crippen molar-refractivity contribution in [3.05, 3.63) is 24.0 Å². The summed E-state index contributed by atoms with van der Waals surface area (Å²) in [6.07, 6.45) is 5.58. The normalized spacial score (nSPS) is 34.2. The molecule has 9 heavy (non-hydrogen) atoms. The Morgan fingerprint density at radius 3 is 2.78 bits per heavy atom. The van der Waals surface area contributed by atoms with Crippen LogP contribution in [-0.4, -0.2) is 8.89 Å². The molecule has 1 atom stereocenters. The van der Waals surface area contributed by atoms with Gasteiger partial charge in [0.05, 0.1) is 0 Å². The molecule has 1 N–H and O–H groups in total. The van der Waals surface area contributed by atoms with E-state index in [0.717, 1.165) is 0 Å². The van der Waals surface area contributed by atoms with Crippen LogP contribution in [0.4, 0.5) is 0 Å². The maximum atomic E-state index is 8.84. The number of alkyl halides is 2. The van der Waals surface area contributed by atoms with Crippen LogP contribution in [0, 0.1) is 0 Å². The maximum absolute atomic E-state index is 8.84. The van der Waals surface area contributed by atoms with E-state index in [-0.39, 0.29) is 5.76 Å². The minimum Gasteiger partial charge on any atom is -0.508 e. The van der Waals surface area contributed by atoms with Gasteiger partial charge in [0.1, 0.15) is 9.54 Å². The zero-order chi connectivity index (χ0) is 6.91. The fraction of sp³-hybridized carbons (Fsp3) is 0.333. The molecule has 0 saturated carbocycles. The molecule has 0 aromatic heterocycles. The van der Waals surface area contributed by atoms with Crippen LogP contribution in [0.1, 0.15) is 6.42 Å². The standard InChI is InChI=1S/C6H6BrClO/c7-6(8)3-1-5(9)2-4-6/h1-3,9H,4H2. The predicted octanol–water partition coefficient (Wildman–Crippen LogP) is 2.72. The summed E-state index contributed by atoms with van der Waals surface area (Å²) >= 11 is 9.05. The molecule has 0 aliphatic heterocycles. The number of halogens is 2. The molecule has 1 rings (SSSR count). The predicted molar refractivity (Wildman–Crippen MR) is 42.0 cm³/mol. The molecule has 0 spiro atoms. The summed E-state index contributed by atoms with van der Waals surface area (Å²) in [4.78, 5) is 0. The molecular weight excluding hydrogens is 203 g/mol. The van der Waals surface area contributed by atoms with Gasteiger partial charge in [-0.1, -0.05) is 15.9 Å². The van der Waals surface area contributed by atoms with Crippen LogP contribution in [0.15, 0.2) is 24.0 Å². The lowest BCUT2D eigenvalue weighted by Crippen LogP contribution is -2.08. The lowest BCUT2D eigenvalue weighted by molar-refractivity contribution is 0.426. The molecule has 0 saturated heterocycles. The van der Waals surface area contributed by atoms with Gasteiger partial charge < -0.3 is 5.11 Å². The van der Waals surface area contributed by atoms with E-state index in [2.05, 4.69) is 15.9 Å². The van der Waals surface area contributed by atoms with Gasteiger partial charge in [-0.05, 0) is 18.2 Å². The molecule has 0 bridgehead atoms. The molecule has 0 aromatic carbocycles. The van der Waals surface area contributed by atoms with E-state index in [1.54, 1.807) is 18.2 Å². The van der Waals surface area contributed by atoms with Gasteiger partial charge in [-0.25, -0.2) is 0 Å². The average molecular weight is 209 g/mol. The first-order valence-electron chi connectivity index (χ1n) is 2.56. The Morgan fingerprint density at radius 2 is 2.44 bits per heavy atom. The third-order valence-electron chi connectivity index (χ3n) is 1.08. The van der Waals surface area contributed by atoms with Gasteiger partial charge in [-0.2, -0.15) is 0 Å². The molecule has 1 nitrogen and oxygen atoms in total. The Hall–Kier alpha value is 0.0500. The highest BCUT2D eigenvalue weighted by Gasteiger charge is 2.20. The molecule has 0 fully saturated rings. The smallest absolute Gasteiger partial charge is 0.121 e. The second-order valence-corrected chi connectivity index (χ2v) is 4.47. The summed E-state index contributed by atoms with van der Waals surface area (Å²) in [6.45, 7) is 0. The number of aliphatic hydroxyl groups is 1. The number of hydrogen-bond donors (Lipinski definition) is 1. The summed E-state index contributed by atoms with van der Waals surface area (Å²) in [7, 11) is 0. The quantitative estimate of drug-likeness (QED) is 0.608. The van der Waals surface area contributed by atoms with Gasteiger partial charge in [-0.3, -0.25) is 0 Å². The SMILES string of the molecule is OC1=CCC(Cl)(Br)C=C1. The largest absolute Gasteiger partial charge is 0.508 e. The summed E-state index contributed by atoms with van der Waals surface area (Å²) < 4.78 is -0.473. The highest BCUT2D eigenvalue weighted by Crippen LogP contribution is 2.32. The maximum Gasteiger partial charge on any atom is 0.121 e. The third-order valence-corrected chi connectivity index (χ3v) is 1.95. The molecule has 0 aromatic rings. The van der Waals surface area contributed by atoms with Crippen molar-refractivity contribution >= 4 is 27.5 Å². The number of aliphatic hydroxyl groups excluding tert-OH is 1. The Morgan fingerprint density at radius 1 is 1.78 bits per heavy atom. The Balaban J connectivity index is 2.70. The number of hydrogen-bond acceptors (Lipinski definition) is 1. The van der Waals surface area contributed by atoms with Crippen LogP contribution in [0.2, 0.25) is 0 Å². The van der Waals surface area contributed by atoms with Crippen molar-refractivity contribution in [2.24, 2.45) is 0 Å². The van der Waals surface area contributed by atoms with Gasteiger partial charge in [0.15, 0.2) is 0 Å². The van der Waals surface area contributed by atoms with E-state index in [9.17, 15) is 0 Å². The topological polar surface area (TPSA) is 20.2 Å². The molecule has 50 valence electrons. The van der Waals surface area contributed by atoms with E-state index < -0.39 is 3.78 Å². The summed E-state index contributed by atoms with van der Waals surface area (Å²) in [6, 6.07) is 0. The van der Waals surface area contributed by atoms with Crippen LogP contribution in [0.3, 0.4) is 0 Å². The second kappa shape index (κ2) is 2.35. The van der Waals surface area contributed by atoms with Crippen molar-refractivity contribution in [2.75, 3.05) is 0 Å². The highest BCUT2D eigenvalue weighted by atomic mass is 79.9. The summed E-state index contributed by atoms with van der Waals surface area (Å²) in [5.74, 6) is 0.283. The summed E-state index contributed by atoms with van der Waals surface area (Å²) in [5, 5.41) is 8.84. The lowest BCUT2D eigenvalue weighted by Gasteiger charge is -2.15. The zero-order valence-electron chi connectivity index (χ0n) is 4.64.